The van der Waals surface area contributed by atoms with Crippen molar-refractivity contribution in [2.75, 3.05) is 27.7 Å². The van der Waals surface area contributed by atoms with Gasteiger partial charge < -0.3 is 19.5 Å². The van der Waals surface area contributed by atoms with E-state index in [1.807, 2.05) is 21.1 Å². The quantitative estimate of drug-likeness (QED) is 0.419. The Labute approximate surface area is 112 Å². The predicted molar refractivity (Wildman–Crippen MR) is 68.2 cm³/mol. The van der Waals surface area contributed by atoms with Crippen LogP contribution >= 0.6 is 0 Å². The molecule has 104 valence electrons. The van der Waals surface area contributed by atoms with E-state index in [1.54, 1.807) is 18.2 Å². The van der Waals surface area contributed by atoms with Gasteiger partial charge in [0.25, 0.3) is 0 Å². The molecule has 0 aliphatic carbocycles. The first-order valence-corrected chi connectivity index (χ1v) is 6.01. The average Bonchev–Trinajstić information content (AvgIpc) is 2.27. The Morgan fingerprint density at radius 3 is 2.16 bits per heavy atom. The molecule has 0 aliphatic rings. The molecule has 0 radical (unpaired) electrons. The molecule has 0 aliphatic heterocycles. The van der Waals surface area contributed by atoms with Crippen molar-refractivity contribution in [2.45, 2.75) is 6.10 Å². The highest BCUT2D eigenvalue weighted by Gasteiger charge is 2.32. The van der Waals surface area contributed by atoms with E-state index in [4.69, 9.17) is 0 Å². The zero-order valence-electron chi connectivity index (χ0n) is 11.4. The maximum atomic E-state index is 12.1. The van der Waals surface area contributed by atoms with E-state index in [0.29, 0.717) is 4.48 Å². The topological polar surface area (TPSA) is 77.4 Å². The lowest BCUT2D eigenvalue weighted by atomic mass is 9.92. The minimum atomic E-state index is -1.55. The van der Waals surface area contributed by atoms with Crippen molar-refractivity contribution in [3.8, 4) is 0 Å². The number of aliphatic hydroxyl groups is 1. The van der Waals surface area contributed by atoms with Crippen molar-refractivity contribution in [2.24, 2.45) is 5.92 Å². The summed E-state index contributed by atoms with van der Waals surface area (Å²) in [5.74, 6) is -3.71. The van der Waals surface area contributed by atoms with Gasteiger partial charge in [0, 0.05) is 5.56 Å². The summed E-state index contributed by atoms with van der Waals surface area (Å²) in [5.41, 5.74) is 0.261. The fraction of sp³-hybridized carbons (Fsp3) is 0.429. The van der Waals surface area contributed by atoms with Crippen LogP contribution in [0, 0.1) is 5.92 Å². The van der Waals surface area contributed by atoms with Crippen LogP contribution in [0.25, 0.3) is 0 Å². The van der Waals surface area contributed by atoms with Crippen LogP contribution in [-0.2, 0) is 4.79 Å². The molecular formula is C14H19NO4. The number of hydrogen-bond donors (Lipinski definition) is 1. The van der Waals surface area contributed by atoms with Gasteiger partial charge in [0.1, 0.15) is 12.6 Å². The Morgan fingerprint density at radius 2 is 1.74 bits per heavy atom. The van der Waals surface area contributed by atoms with Gasteiger partial charge in [-0.25, -0.2) is 0 Å². The summed E-state index contributed by atoms with van der Waals surface area (Å²) in [5, 5.41) is 21.1. The number of carboxylic acid groups (broad SMARTS) is 1. The molecule has 0 heterocycles. The molecule has 0 fully saturated rings. The third-order valence-electron chi connectivity index (χ3n) is 2.71. The molecule has 0 aromatic heterocycles. The number of rotatable bonds is 6. The van der Waals surface area contributed by atoms with Crippen molar-refractivity contribution in [3.05, 3.63) is 35.9 Å². The van der Waals surface area contributed by atoms with Crippen LogP contribution < -0.4 is 5.11 Å². The molecule has 0 saturated carbocycles. The minimum absolute atomic E-state index is 0.150. The number of ketones is 1. The van der Waals surface area contributed by atoms with E-state index in [-0.39, 0.29) is 12.1 Å². The zero-order valence-corrected chi connectivity index (χ0v) is 11.4. The molecule has 1 aromatic carbocycles. The summed E-state index contributed by atoms with van der Waals surface area (Å²) in [6.45, 7) is 0.150. The van der Waals surface area contributed by atoms with Gasteiger partial charge >= 0.3 is 0 Å². The smallest absolute Gasteiger partial charge is 0.174 e. The number of aliphatic hydroxyl groups excluding tert-OH is 1. The van der Waals surface area contributed by atoms with Crippen LogP contribution in [0.4, 0.5) is 0 Å². The number of carbonyl (C=O) groups excluding carboxylic acids is 2. The number of aliphatic carboxylic acids is 1. The molecule has 0 saturated heterocycles. The minimum Gasteiger partial charge on any atom is -0.549 e. The maximum absolute atomic E-state index is 12.1. The molecule has 0 bridgehead atoms. The Balaban J connectivity index is 2.96. The van der Waals surface area contributed by atoms with E-state index in [9.17, 15) is 19.8 Å². The first kappa shape index (κ1) is 15.3. The second kappa shape index (κ2) is 5.95. The van der Waals surface area contributed by atoms with Crippen molar-refractivity contribution in [1.82, 2.24) is 0 Å². The van der Waals surface area contributed by atoms with Gasteiger partial charge in [-0.05, 0) is 0 Å². The fourth-order valence-electron chi connectivity index (χ4n) is 1.89. The van der Waals surface area contributed by atoms with Crippen LogP contribution in [0.1, 0.15) is 10.4 Å². The van der Waals surface area contributed by atoms with Gasteiger partial charge in [0.2, 0.25) is 0 Å². The van der Waals surface area contributed by atoms with Gasteiger partial charge in [-0.1, -0.05) is 30.3 Å². The van der Waals surface area contributed by atoms with Gasteiger partial charge in [-0.2, -0.15) is 0 Å². The molecule has 1 aromatic rings. The number of carboxylic acids is 1. The Bertz CT molecular complexity index is 450. The number of likely N-dealkylation sites (N-methyl/N-ethyl adjacent to an activating group) is 1. The summed E-state index contributed by atoms with van der Waals surface area (Å²) in [4.78, 5) is 23.3. The molecule has 2 atom stereocenters. The number of quaternary nitrogens is 1. The van der Waals surface area contributed by atoms with Crippen molar-refractivity contribution < 1.29 is 24.3 Å². The molecule has 2 unspecified atom stereocenters. The molecule has 5 nitrogen and oxygen atoms in total. The lowest BCUT2D eigenvalue weighted by Crippen LogP contribution is -2.51. The Morgan fingerprint density at radius 1 is 1.21 bits per heavy atom. The van der Waals surface area contributed by atoms with Crippen LogP contribution in [0.2, 0.25) is 0 Å². The molecule has 19 heavy (non-hydrogen) atoms. The van der Waals surface area contributed by atoms with Crippen LogP contribution in [0.15, 0.2) is 30.3 Å². The van der Waals surface area contributed by atoms with Gasteiger partial charge in [-0.3, -0.25) is 4.79 Å². The Kier molecular flexibility index (Phi) is 4.80. The van der Waals surface area contributed by atoms with Crippen LogP contribution in [0.3, 0.4) is 0 Å². The fourth-order valence-corrected chi connectivity index (χ4v) is 1.89. The first-order chi connectivity index (χ1) is 8.72. The highest BCUT2D eigenvalue weighted by atomic mass is 16.4. The van der Waals surface area contributed by atoms with Crippen LogP contribution in [-0.4, -0.2) is 55.1 Å². The number of hydrogen-bond acceptors (Lipinski definition) is 4. The summed E-state index contributed by atoms with van der Waals surface area (Å²) in [6.07, 6.45) is -1.28. The molecule has 5 heteroatoms. The standard InChI is InChI=1S/C14H19NO4/c1-15(2,3)9-11(16)12(14(18)19)13(17)10-7-5-4-6-8-10/h4-8,11-12,16H,9H2,1-3H3. The second-order valence-electron chi connectivity index (χ2n) is 5.57. The van der Waals surface area contributed by atoms with E-state index in [2.05, 4.69) is 0 Å². The van der Waals surface area contributed by atoms with Gasteiger partial charge in [0.05, 0.1) is 33.0 Å². The third kappa shape index (κ3) is 4.46. The molecule has 1 N–H and O–H groups in total. The predicted octanol–water partition coefficient (Wildman–Crippen LogP) is -0.697. The van der Waals surface area contributed by atoms with E-state index >= 15 is 0 Å². The van der Waals surface area contributed by atoms with Crippen molar-refractivity contribution >= 4 is 11.8 Å². The van der Waals surface area contributed by atoms with E-state index < -0.39 is 23.8 Å². The second-order valence-corrected chi connectivity index (χ2v) is 5.57. The average molecular weight is 265 g/mol. The molecule has 0 spiro atoms. The summed E-state index contributed by atoms with van der Waals surface area (Å²) < 4.78 is 0.354. The van der Waals surface area contributed by atoms with E-state index in [0.717, 1.165) is 0 Å². The third-order valence-corrected chi connectivity index (χ3v) is 2.71. The lowest BCUT2D eigenvalue weighted by Gasteiger charge is -2.30. The highest BCUT2D eigenvalue weighted by Crippen LogP contribution is 2.14. The maximum Gasteiger partial charge on any atom is 0.174 e. The number of Topliss-reactive ketones (excluding diaryl/α,β-unsaturated/α-hetero) is 1. The zero-order chi connectivity index (χ0) is 14.6. The number of benzene rings is 1. The Hall–Kier alpha value is -1.72. The SMILES string of the molecule is C[N+](C)(C)CC(O)C(C(=O)[O-])C(=O)c1ccccc1. The summed E-state index contributed by atoms with van der Waals surface area (Å²) >= 11 is 0. The number of carbonyl (C=O) groups is 2. The first-order valence-electron chi connectivity index (χ1n) is 6.01. The monoisotopic (exact) mass is 265 g/mol. The van der Waals surface area contributed by atoms with E-state index in [1.165, 1.54) is 12.1 Å². The van der Waals surface area contributed by atoms with Crippen LogP contribution in [0.5, 0.6) is 0 Å². The lowest BCUT2D eigenvalue weighted by molar-refractivity contribution is -0.873. The largest absolute Gasteiger partial charge is 0.549 e. The number of nitrogens with zero attached hydrogens (tertiary/aromatic N) is 1. The normalized spacial score (nSPS) is 14.7. The molecule has 1 rings (SSSR count). The van der Waals surface area contributed by atoms with Crippen molar-refractivity contribution in [1.29, 1.82) is 0 Å². The van der Waals surface area contributed by atoms with Crippen molar-refractivity contribution in [3.63, 3.8) is 0 Å². The summed E-state index contributed by atoms with van der Waals surface area (Å²) in [7, 11) is 5.42. The van der Waals surface area contributed by atoms with Gasteiger partial charge in [0.15, 0.2) is 5.78 Å². The summed E-state index contributed by atoms with van der Waals surface area (Å²) in [6, 6.07) is 8.07. The van der Waals surface area contributed by atoms with Gasteiger partial charge in [-0.15, -0.1) is 0 Å². The molecule has 0 amide bonds. The molecular weight excluding hydrogens is 246 g/mol. The highest BCUT2D eigenvalue weighted by molar-refractivity contribution is 6.08.